The second-order valence-corrected chi connectivity index (χ2v) is 10.9. The van der Waals surface area contributed by atoms with Gasteiger partial charge in [0.2, 0.25) is 5.91 Å². The summed E-state index contributed by atoms with van der Waals surface area (Å²) in [6.45, 7) is 6.85. The first-order valence-corrected chi connectivity index (χ1v) is 13.3. The topological polar surface area (TPSA) is 75.7 Å². The Morgan fingerprint density at radius 3 is 2.30 bits per heavy atom. The van der Waals surface area contributed by atoms with Crippen LogP contribution in [0.4, 0.5) is 5.69 Å². The van der Waals surface area contributed by atoms with Crippen LogP contribution in [0, 0.1) is 6.92 Å². The molecule has 0 spiro atoms. The number of carbonyl (C=O) groups is 1. The fraction of sp³-hybridized carbons (Fsp3) is 0.500. The van der Waals surface area contributed by atoms with Crippen molar-refractivity contribution < 1.29 is 17.9 Å². The number of carbonyl (C=O) groups excluding carboxylic acids is 1. The van der Waals surface area contributed by atoms with E-state index in [0.29, 0.717) is 37.3 Å². The smallest absolute Gasteiger partial charge is 0.264 e. The van der Waals surface area contributed by atoms with E-state index in [-0.39, 0.29) is 17.3 Å². The van der Waals surface area contributed by atoms with Crippen molar-refractivity contribution in [3.05, 3.63) is 59.7 Å². The molecule has 1 fully saturated rings. The fourth-order valence-corrected chi connectivity index (χ4v) is 5.39. The molecule has 1 aliphatic carbocycles. The Bertz CT molecular complexity index is 996. The minimum absolute atomic E-state index is 0.166. The van der Waals surface area contributed by atoms with E-state index in [9.17, 15) is 13.2 Å². The molecule has 0 aromatic heterocycles. The van der Waals surface area contributed by atoms with Crippen LogP contribution in [-0.4, -0.2) is 40.1 Å². The summed E-state index contributed by atoms with van der Waals surface area (Å²) in [5.41, 5.74) is 2.55. The molecule has 1 amide bonds. The van der Waals surface area contributed by atoms with Gasteiger partial charge in [-0.05, 0) is 61.9 Å². The average Bonchev–Trinajstić information content (AvgIpc) is 3.31. The molecule has 1 N–H and O–H groups in total. The van der Waals surface area contributed by atoms with E-state index in [4.69, 9.17) is 4.74 Å². The first-order chi connectivity index (χ1) is 15.8. The number of sulfonamides is 1. The Morgan fingerprint density at radius 1 is 1.06 bits per heavy atom. The Labute approximate surface area is 198 Å². The minimum Gasteiger partial charge on any atom is -0.378 e. The third-order valence-corrected chi connectivity index (χ3v) is 7.83. The Hall–Kier alpha value is -2.38. The van der Waals surface area contributed by atoms with E-state index in [0.717, 1.165) is 24.0 Å². The number of hydrogen-bond donors (Lipinski definition) is 1. The summed E-state index contributed by atoms with van der Waals surface area (Å²) in [5, 5.41) is 2.85. The van der Waals surface area contributed by atoms with Crippen molar-refractivity contribution in [1.29, 1.82) is 0 Å². The lowest BCUT2D eigenvalue weighted by Crippen LogP contribution is -2.41. The zero-order valence-corrected chi connectivity index (χ0v) is 20.7. The van der Waals surface area contributed by atoms with Crippen LogP contribution in [0.5, 0.6) is 0 Å². The minimum atomic E-state index is -3.90. The summed E-state index contributed by atoms with van der Waals surface area (Å²) in [7, 11) is -3.90. The van der Waals surface area contributed by atoms with Crippen molar-refractivity contribution in [2.45, 2.75) is 69.8 Å². The van der Waals surface area contributed by atoms with Crippen molar-refractivity contribution in [1.82, 2.24) is 5.32 Å². The molecular weight excluding hydrogens is 436 g/mol. The standard InChI is InChI=1S/C26H36N2O4S/c1-20(2)22-11-13-23(14-12-22)28(33(30,31)25-15-9-21(3)10-16-25)19-26(29)27-17-6-18-32-24-7-4-5-8-24/h9-16,20,24H,4-8,17-19H2,1-3H3,(H,27,29). The summed E-state index contributed by atoms with van der Waals surface area (Å²) < 4.78 is 33.9. The molecule has 0 unspecified atom stereocenters. The van der Waals surface area contributed by atoms with Crippen molar-refractivity contribution >= 4 is 21.6 Å². The molecule has 180 valence electrons. The molecule has 7 heteroatoms. The fourth-order valence-electron chi connectivity index (χ4n) is 3.97. The summed E-state index contributed by atoms with van der Waals surface area (Å²) in [6.07, 6.45) is 5.75. The zero-order valence-electron chi connectivity index (χ0n) is 19.9. The third kappa shape index (κ3) is 7.05. The maximum atomic E-state index is 13.4. The van der Waals surface area contributed by atoms with Crippen LogP contribution in [-0.2, 0) is 19.6 Å². The van der Waals surface area contributed by atoms with E-state index in [2.05, 4.69) is 19.2 Å². The number of nitrogens with zero attached hydrogens (tertiary/aromatic N) is 1. The van der Waals surface area contributed by atoms with E-state index >= 15 is 0 Å². The molecular formula is C26H36N2O4S. The molecule has 2 aromatic rings. The van der Waals surface area contributed by atoms with E-state index < -0.39 is 10.0 Å². The second kappa shape index (κ2) is 11.7. The Kier molecular flexibility index (Phi) is 8.92. The molecule has 3 rings (SSSR count). The summed E-state index contributed by atoms with van der Waals surface area (Å²) in [6, 6.07) is 14.0. The van der Waals surface area contributed by atoms with E-state index in [1.807, 2.05) is 19.1 Å². The summed E-state index contributed by atoms with van der Waals surface area (Å²) in [4.78, 5) is 12.9. The van der Waals surface area contributed by atoms with Gasteiger partial charge in [0, 0.05) is 13.2 Å². The lowest BCUT2D eigenvalue weighted by molar-refractivity contribution is -0.119. The number of benzene rings is 2. The van der Waals surface area contributed by atoms with Gasteiger partial charge < -0.3 is 10.1 Å². The molecule has 1 saturated carbocycles. The molecule has 0 heterocycles. The molecule has 0 atom stereocenters. The second-order valence-electron chi connectivity index (χ2n) is 9.05. The zero-order chi connectivity index (χ0) is 23.8. The predicted molar refractivity (Wildman–Crippen MR) is 132 cm³/mol. The summed E-state index contributed by atoms with van der Waals surface area (Å²) in [5.74, 6) is -0.00422. The van der Waals surface area contributed by atoms with Gasteiger partial charge in [0.15, 0.2) is 0 Å². The lowest BCUT2D eigenvalue weighted by Gasteiger charge is -2.24. The van der Waals surface area contributed by atoms with Crippen molar-refractivity contribution in [2.75, 3.05) is 24.0 Å². The largest absolute Gasteiger partial charge is 0.378 e. The Morgan fingerprint density at radius 2 is 1.70 bits per heavy atom. The van der Waals surface area contributed by atoms with Gasteiger partial charge in [-0.3, -0.25) is 9.10 Å². The average molecular weight is 473 g/mol. The quantitative estimate of drug-likeness (QED) is 0.478. The van der Waals surface area contributed by atoms with Crippen LogP contribution in [0.3, 0.4) is 0 Å². The molecule has 33 heavy (non-hydrogen) atoms. The van der Waals surface area contributed by atoms with Gasteiger partial charge in [-0.1, -0.05) is 56.5 Å². The molecule has 0 aliphatic heterocycles. The van der Waals surface area contributed by atoms with Crippen molar-refractivity contribution in [2.24, 2.45) is 0 Å². The maximum absolute atomic E-state index is 13.4. The van der Waals surface area contributed by atoms with Gasteiger partial charge in [0.05, 0.1) is 16.7 Å². The number of hydrogen-bond acceptors (Lipinski definition) is 4. The third-order valence-electron chi connectivity index (χ3n) is 6.04. The van der Waals surface area contributed by atoms with Gasteiger partial charge in [0.1, 0.15) is 6.54 Å². The van der Waals surface area contributed by atoms with Gasteiger partial charge in [0.25, 0.3) is 10.0 Å². The maximum Gasteiger partial charge on any atom is 0.264 e. The highest BCUT2D eigenvalue weighted by atomic mass is 32.2. The number of anilines is 1. The van der Waals surface area contributed by atoms with Crippen LogP contribution in [0.25, 0.3) is 0 Å². The molecule has 2 aromatic carbocycles. The van der Waals surface area contributed by atoms with E-state index in [1.54, 1.807) is 36.4 Å². The Balaban J connectivity index is 1.68. The molecule has 0 saturated heterocycles. The highest BCUT2D eigenvalue weighted by molar-refractivity contribution is 7.92. The van der Waals surface area contributed by atoms with Gasteiger partial charge >= 0.3 is 0 Å². The molecule has 0 radical (unpaired) electrons. The number of ether oxygens (including phenoxy) is 1. The molecule has 6 nitrogen and oxygen atoms in total. The van der Waals surface area contributed by atoms with Crippen molar-refractivity contribution in [3.63, 3.8) is 0 Å². The monoisotopic (exact) mass is 472 g/mol. The SMILES string of the molecule is Cc1ccc(S(=O)(=O)N(CC(=O)NCCCOC2CCCC2)c2ccc(C(C)C)cc2)cc1. The molecule has 0 bridgehead atoms. The van der Waals surface area contributed by atoms with Gasteiger partial charge in [-0.15, -0.1) is 0 Å². The highest BCUT2D eigenvalue weighted by Crippen LogP contribution is 2.26. The van der Waals surface area contributed by atoms with Crippen LogP contribution >= 0.6 is 0 Å². The van der Waals surface area contributed by atoms with Crippen LogP contribution in [0.2, 0.25) is 0 Å². The predicted octanol–water partition coefficient (Wildman–Crippen LogP) is 4.78. The first-order valence-electron chi connectivity index (χ1n) is 11.8. The number of nitrogens with one attached hydrogen (secondary N) is 1. The van der Waals surface area contributed by atoms with Gasteiger partial charge in [-0.2, -0.15) is 0 Å². The molecule has 1 aliphatic rings. The van der Waals surface area contributed by atoms with Gasteiger partial charge in [-0.25, -0.2) is 8.42 Å². The van der Waals surface area contributed by atoms with Crippen molar-refractivity contribution in [3.8, 4) is 0 Å². The summed E-state index contributed by atoms with van der Waals surface area (Å²) >= 11 is 0. The van der Waals surface area contributed by atoms with Crippen LogP contribution < -0.4 is 9.62 Å². The lowest BCUT2D eigenvalue weighted by atomic mass is 10.0. The normalized spacial score (nSPS) is 14.5. The van der Waals surface area contributed by atoms with Crippen LogP contribution in [0.1, 0.15) is 63.0 Å². The number of rotatable bonds is 11. The van der Waals surface area contributed by atoms with Crippen LogP contribution in [0.15, 0.2) is 53.4 Å². The number of amides is 1. The number of aryl methyl sites for hydroxylation is 1. The highest BCUT2D eigenvalue weighted by Gasteiger charge is 2.27. The van der Waals surface area contributed by atoms with E-state index in [1.165, 1.54) is 17.1 Å². The first kappa shape index (κ1) is 25.2.